The molecule has 0 rings (SSSR count). The number of allylic oxidation sites excluding steroid dienone is 1. The summed E-state index contributed by atoms with van der Waals surface area (Å²) in [5, 5.41) is 8.53. The second-order valence-electron chi connectivity index (χ2n) is 9.15. The molecule has 0 aliphatic heterocycles. The first kappa shape index (κ1) is 32.1. The topological polar surface area (TPSA) is 89.9 Å². The van der Waals surface area contributed by atoms with E-state index in [9.17, 15) is 14.4 Å². The predicted molar refractivity (Wildman–Crippen MR) is 137 cm³/mol. The number of carboxylic acids is 1. The number of aliphatic carboxylic acids is 1. The van der Waals surface area contributed by atoms with Crippen molar-refractivity contribution in [3.8, 4) is 0 Å². The van der Waals surface area contributed by atoms with Crippen molar-refractivity contribution >= 4 is 17.9 Å². The third kappa shape index (κ3) is 23.3. The van der Waals surface area contributed by atoms with Crippen molar-refractivity contribution in [2.75, 3.05) is 6.61 Å². The Morgan fingerprint density at radius 3 is 2.06 bits per heavy atom. The second-order valence-corrected chi connectivity index (χ2v) is 9.15. The smallest absolute Gasteiger partial charge is 0.306 e. The van der Waals surface area contributed by atoms with Crippen molar-refractivity contribution in [3.63, 3.8) is 0 Å². The molecule has 6 nitrogen and oxygen atoms in total. The number of carboxylic acid groups (broad SMARTS) is 1. The lowest BCUT2D eigenvalue weighted by Gasteiger charge is -2.16. The molecule has 0 heterocycles. The Labute approximate surface area is 207 Å². The van der Waals surface area contributed by atoms with E-state index in [4.69, 9.17) is 14.6 Å². The van der Waals surface area contributed by atoms with E-state index < -0.39 is 11.9 Å². The molecule has 0 bridgehead atoms. The van der Waals surface area contributed by atoms with E-state index in [1.807, 2.05) is 0 Å². The van der Waals surface area contributed by atoms with Crippen LogP contribution in [-0.4, -0.2) is 35.7 Å². The van der Waals surface area contributed by atoms with Crippen LogP contribution in [0.25, 0.3) is 0 Å². The zero-order valence-electron chi connectivity index (χ0n) is 21.9. The Kier molecular flexibility index (Phi) is 23.0. The van der Waals surface area contributed by atoms with E-state index in [2.05, 4.69) is 26.0 Å². The lowest BCUT2D eigenvalue weighted by atomic mass is 10.1. The van der Waals surface area contributed by atoms with Crippen LogP contribution in [0.2, 0.25) is 0 Å². The van der Waals surface area contributed by atoms with Crippen molar-refractivity contribution in [3.05, 3.63) is 12.2 Å². The Balaban J connectivity index is 3.84. The lowest BCUT2D eigenvalue weighted by Crippen LogP contribution is -2.17. The van der Waals surface area contributed by atoms with E-state index in [1.54, 1.807) is 0 Å². The number of carbonyl (C=O) groups excluding carboxylic acids is 2. The molecule has 0 aromatic heterocycles. The summed E-state index contributed by atoms with van der Waals surface area (Å²) in [6.07, 6.45) is 21.9. The molecule has 6 heteroatoms. The highest BCUT2D eigenvalue weighted by Gasteiger charge is 2.13. The van der Waals surface area contributed by atoms with Gasteiger partial charge < -0.3 is 14.6 Å². The van der Waals surface area contributed by atoms with Crippen molar-refractivity contribution in [2.45, 2.75) is 142 Å². The van der Waals surface area contributed by atoms with Crippen LogP contribution in [0.1, 0.15) is 136 Å². The van der Waals surface area contributed by atoms with E-state index in [1.165, 1.54) is 25.7 Å². The van der Waals surface area contributed by atoms with Gasteiger partial charge in [0.15, 0.2) is 0 Å². The van der Waals surface area contributed by atoms with Gasteiger partial charge in [0.2, 0.25) is 0 Å². The molecule has 0 fully saturated rings. The van der Waals surface area contributed by atoms with Gasteiger partial charge in [0.1, 0.15) is 6.10 Å². The fraction of sp³-hybridized carbons (Fsp3) is 0.821. The summed E-state index contributed by atoms with van der Waals surface area (Å²) in [5.41, 5.74) is 0. The quantitative estimate of drug-likeness (QED) is 0.0868. The first-order valence-corrected chi connectivity index (χ1v) is 13.7. The molecule has 0 saturated heterocycles. The minimum Gasteiger partial charge on any atom is -0.481 e. The van der Waals surface area contributed by atoms with Crippen LogP contribution < -0.4 is 0 Å². The van der Waals surface area contributed by atoms with Crippen LogP contribution in [0.3, 0.4) is 0 Å². The van der Waals surface area contributed by atoms with Gasteiger partial charge in [-0.2, -0.15) is 0 Å². The molecule has 0 saturated carbocycles. The van der Waals surface area contributed by atoms with Gasteiger partial charge in [0.25, 0.3) is 0 Å². The standard InChI is InChI=1S/C28H50O6/c1-3-5-7-16-19-25(34-28(32)21-15-6-4-2)20-17-13-11-9-8-10-12-14-18-24-33-27(31)23-22-26(29)30/h13,17,25H,3-12,14-16,18-24H2,1-2H3,(H,29,30). The average molecular weight is 483 g/mol. The molecule has 0 aromatic carbocycles. The summed E-state index contributed by atoms with van der Waals surface area (Å²) in [5.74, 6) is -1.45. The summed E-state index contributed by atoms with van der Waals surface area (Å²) in [6, 6.07) is 0. The van der Waals surface area contributed by atoms with E-state index in [-0.39, 0.29) is 24.9 Å². The molecule has 0 aromatic rings. The van der Waals surface area contributed by atoms with Crippen LogP contribution in [0.15, 0.2) is 12.2 Å². The third-order valence-electron chi connectivity index (χ3n) is 5.80. The molecular weight excluding hydrogens is 432 g/mol. The summed E-state index contributed by atoms with van der Waals surface area (Å²) in [7, 11) is 0. The number of unbranched alkanes of at least 4 members (excludes halogenated alkanes) is 11. The van der Waals surface area contributed by atoms with Gasteiger partial charge in [0.05, 0.1) is 19.4 Å². The van der Waals surface area contributed by atoms with E-state index in [0.717, 1.165) is 77.0 Å². The highest BCUT2D eigenvalue weighted by Crippen LogP contribution is 2.15. The van der Waals surface area contributed by atoms with Gasteiger partial charge in [-0.15, -0.1) is 0 Å². The summed E-state index contributed by atoms with van der Waals surface area (Å²) in [4.78, 5) is 33.8. The van der Waals surface area contributed by atoms with E-state index >= 15 is 0 Å². The number of rotatable bonds is 24. The Morgan fingerprint density at radius 2 is 1.35 bits per heavy atom. The van der Waals surface area contributed by atoms with Gasteiger partial charge >= 0.3 is 17.9 Å². The van der Waals surface area contributed by atoms with Crippen molar-refractivity contribution in [2.24, 2.45) is 0 Å². The number of hydrogen-bond donors (Lipinski definition) is 1. The fourth-order valence-electron chi connectivity index (χ4n) is 3.69. The Morgan fingerprint density at radius 1 is 0.706 bits per heavy atom. The van der Waals surface area contributed by atoms with Gasteiger partial charge in [-0.05, 0) is 38.5 Å². The van der Waals surface area contributed by atoms with Crippen LogP contribution in [0, 0.1) is 0 Å². The molecule has 198 valence electrons. The zero-order chi connectivity index (χ0) is 25.3. The predicted octanol–water partition coefficient (Wildman–Crippen LogP) is 7.53. The van der Waals surface area contributed by atoms with Crippen LogP contribution in [-0.2, 0) is 23.9 Å². The summed E-state index contributed by atoms with van der Waals surface area (Å²) < 4.78 is 10.8. The van der Waals surface area contributed by atoms with Crippen LogP contribution >= 0.6 is 0 Å². The number of ether oxygens (including phenoxy) is 2. The van der Waals surface area contributed by atoms with E-state index in [0.29, 0.717) is 13.0 Å². The maximum atomic E-state index is 12.1. The monoisotopic (exact) mass is 482 g/mol. The number of hydrogen-bond acceptors (Lipinski definition) is 5. The van der Waals surface area contributed by atoms with Gasteiger partial charge in [-0.25, -0.2) is 0 Å². The molecule has 1 N–H and O–H groups in total. The number of carbonyl (C=O) groups is 3. The zero-order valence-corrected chi connectivity index (χ0v) is 21.9. The molecule has 0 radical (unpaired) electrons. The first-order valence-electron chi connectivity index (χ1n) is 13.7. The highest BCUT2D eigenvalue weighted by atomic mass is 16.5. The van der Waals surface area contributed by atoms with Crippen molar-refractivity contribution in [1.29, 1.82) is 0 Å². The summed E-state index contributed by atoms with van der Waals surface area (Å²) >= 11 is 0. The maximum absolute atomic E-state index is 12.1. The largest absolute Gasteiger partial charge is 0.481 e. The van der Waals surface area contributed by atoms with Crippen molar-refractivity contribution in [1.82, 2.24) is 0 Å². The summed E-state index contributed by atoms with van der Waals surface area (Å²) in [6.45, 7) is 4.72. The van der Waals surface area contributed by atoms with Crippen LogP contribution in [0.5, 0.6) is 0 Å². The SMILES string of the molecule is CCCCCCC(CC=CCCCCCCCCOC(=O)CCC(=O)O)OC(=O)CCCCC. The van der Waals surface area contributed by atoms with Gasteiger partial charge in [-0.1, -0.05) is 83.8 Å². The van der Waals surface area contributed by atoms with Gasteiger partial charge in [-0.3, -0.25) is 14.4 Å². The third-order valence-corrected chi connectivity index (χ3v) is 5.80. The molecule has 0 amide bonds. The Hall–Kier alpha value is -1.85. The minimum absolute atomic E-state index is 0.0143. The highest BCUT2D eigenvalue weighted by molar-refractivity contribution is 5.76. The second kappa shape index (κ2) is 24.3. The van der Waals surface area contributed by atoms with Gasteiger partial charge in [0, 0.05) is 12.8 Å². The van der Waals surface area contributed by atoms with Crippen molar-refractivity contribution < 1.29 is 29.0 Å². The maximum Gasteiger partial charge on any atom is 0.306 e. The average Bonchev–Trinajstić information content (AvgIpc) is 2.81. The van der Waals surface area contributed by atoms with Crippen LogP contribution in [0.4, 0.5) is 0 Å². The number of esters is 2. The fourth-order valence-corrected chi connectivity index (χ4v) is 3.69. The normalized spacial score (nSPS) is 12.1. The lowest BCUT2D eigenvalue weighted by molar-refractivity contribution is -0.149. The first-order chi connectivity index (χ1) is 16.5. The molecule has 34 heavy (non-hydrogen) atoms. The molecule has 1 unspecified atom stereocenters. The molecule has 1 atom stereocenters. The molecule has 0 aliphatic carbocycles. The minimum atomic E-state index is -0.977. The molecule has 0 aliphatic rings. The molecular formula is C28H50O6. The molecule has 0 spiro atoms. The Bertz CT molecular complexity index is 543.